The lowest BCUT2D eigenvalue weighted by Gasteiger charge is -2.19. The molecule has 2 aromatic carbocycles. The predicted octanol–water partition coefficient (Wildman–Crippen LogP) is 3.47. The zero-order chi connectivity index (χ0) is 19.6. The van der Waals surface area contributed by atoms with E-state index >= 15 is 0 Å². The van der Waals surface area contributed by atoms with Gasteiger partial charge >= 0.3 is 5.97 Å². The number of terminal acetylenes is 1. The number of hydrogen-bond acceptors (Lipinski definition) is 3. The topological polar surface area (TPSA) is 66.8 Å². The van der Waals surface area contributed by atoms with Crippen molar-refractivity contribution in [2.75, 3.05) is 18.6 Å². The van der Waals surface area contributed by atoms with Crippen LogP contribution in [0.5, 0.6) is 5.75 Å². The number of carboxylic acid groups (broad SMARTS) is 1. The first-order chi connectivity index (χ1) is 12.9. The van der Waals surface area contributed by atoms with Crippen molar-refractivity contribution < 1.29 is 19.4 Å². The van der Waals surface area contributed by atoms with Crippen LogP contribution in [-0.4, -0.2) is 30.6 Å². The van der Waals surface area contributed by atoms with Crippen molar-refractivity contribution in [3.05, 3.63) is 59.2 Å². The molecule has 0 aromatic heterocycles. The lowest BCUT2D eigenvalue weighted by molar-refractivity contribution is -0.119. The van der Waals surface area contributed by atoms with Crippen LogP contribution in [-0.2, 0) is 4.79 Å². The molecule has 1 aliphatic carbocycles. The fraction of sp³-hybridized carbons (Fsp3) is 0.273. The minimum Gasteiger partial charge on any atom is -0.481 e. The summed E-state index contributed by atoms with van der Waals surface area (Å²) in [5.74, 6) is 1.98. The largest absolute Gasteiger partial charge is 0.481 e. The van der Waals surface area contributed by atoms with E-state index in [4.69, 9.17) is 11.2 Å². The Hall–Kier alpha value is -3.26. The monoisotopic (exact) mass is 363 g/mol. The molecule has 1 aliphatic rings. The van der Waals surface area contributed by atoms with Crippen LogP contribution in [0.15, 0.2) is 42.5 Å². The van der Waals surface area contributed by atoms with Crippen molar-refractivity contribution in [2.45, 2.75) is 19.3 Å². The third kappa shape index (κ3) is 3.80. The maximum absolute atomic E-state index is 12.9. The fourth-order valence-corrected chi connectivity index (χ4v) is 3.27. The summed E-state index contributed by atoms with van der Waals surface area (Å²) in [5.41, 5.74) is 2.55. The van der Waals surface area contributed by atoms with E-state index in [2.05, 4.69) is 5.92 Å². The third-order valence-corrected chi connectivity index (χ3v) is 4.89. The molecule has 1 amide bonds. The van der Waals surface area contributed by atoms with Gasteiger partial charge in [-0.3, -0.25) is 4.79 Å². The quantitative estimate of drug-likeness (QED) is 0.798. The van der Waals surface area contributed by atoms with Gasteiger partial charge in [0, 0.05) is 13.0 Å². The van der Waals surface area contributed by atoms with Crippen LogP contribution in [0.25, 0.3) is 0 Å². The molecule has 3 rings (SSSR count). The maximum atomic E-state index is 12.9. The molecule has 2 unspecified atom stereocenters. The Bertz CT molecular complexity index is 928. The lowest BCUT2D eigenvalue weighted by Crippen LogP contribution is -2.29. The van der Waals surface area contributed by atoms with Crippen molar-refractivity contribution in [3.8, 4) is 18.1 Å². The normalized spacial score (nSPS) is 17.7. The van der Waals surface area contributed by atoms with Gasteiger partial charge in [-0.05, 0) is 48.6 Å². The van der Waals surface area contributed by atoms with Crippen molar-refractivity contribution in [1.82, 2.24) is 0 Å². The summed E-state index contributed by atoms with van der Waals surface area (Å²) in [6, 6.07) is 12.4. The van der Waals surface area contributed by atoms with Crippen LogP contribution < -0.4 is 9.64 Å². The molecule has 1 fully saturated rings. The minimum atomic E-state index is -1.05. The van der Waals surface area contributed by atoms with E-state index in [0.29, 0.717) is 5.69 Å². The van der Waals surface area contributed by atoms with Gasteiger partial charge in [-0.2, -0.15) is 0 Å². The maximum Gasteiger partial charge on any atom is 0.337 e. The van der Waals surface area contributed by atoms with Crippen LogP contribution in [0.3, 0.4) is 0 Å². The number of carboxylic acids is 1. The second kappa shape index (κ2) is 7.55. The molecule has 2 aromatic rings. The van der Waals surface area contributed by atoms with Gasteiger partial charge < -0.3 is 14.7 Å². The first-order valence-corrected chi connectivity index (χ1v) is 8.70. The highest BCUT2D eigenvalue weighted by Gasteiger charge is 2.45. The van der Waals surface area contributed by atoms with Crippen LogP contribution in [0, 0.1) is 25.2 Å². The van der Waals surface area contributed by atoms with Crippen LogP contribution in [0.1, 0.15) is 33.8 Å². The van der Waals surface area contributed by atoms with Gasteiger partial charge in [-0.1, -0.05) is 30.2 Å². The summed E-state index contributed by atoms with van der Waals surface area (Å²) < 4.78 is 5.56. The zero-order valence-corrected chi connectivity index (χ0v) is 15.3. The highest BCUT2D eigenvalue weighted by molar-refractivity contribution is 6.03. The van der Waals surface area contributed by atoms with E-state index in [9.17, 15) is 14.7 Å². The number of nitrogens with zero attached hydrogens (tertiary/aromatic N) is 1. The first kappa shape index (κ1) is 18.5. The summed E-state index contributed by atoms with van der Waals surface area (Å²) in [6.45, 7) is 2.15. The lowest BCUT2D eigenvalue weighted by atomic mass is 10.1. The number of para-hydroxylation sites is 1. The molecule has 5 heteroatoms. The molecule has 1 N–H and O–H groups in total. The van der Waals surface area contributed by atoms with Crippen LogP contribution in [0.2, 0.25) is 0 Å². The molecule has 0 saturated heterocycles. The van der Waals surface area contributed by atoms with E-state index < -0.39 is 5.97 Å². The highest BCUT2D eigenvalue weighted by atomic mass is 16.5. The Balaban J connectivity index is 1.76. The van der Waals surface area contributed by atoms with Gasteiger partial charge in [0.2, 0.25) is 5.91 Å². The molecule has 5 nitrogen and oxygen atoms in total. The molecule has 27 heavy (non-hydrogen) atoms. The number of hydrogen-bond donors (Lipinski definition) is 1. The second-order valence-corrected chi connectivity index (χ2v) is 6.69. The molecule has 0 radical (unpaired) electrons. The molecule has 0 aliphatic heterocycles. The number of anilines is 1. The highest BCUT2D eigenvalue weighted by Crippen LogP contribution is 2.49. The van der Waals surface area contributed by atoms with E-state index in [-0.39, 0.29) is 29.9 Å². The molecule has 0 bridgehead atoms. The van der Waals surface area contributed by atoms with Gasteiger partial charge in [0.25, 0.3) is 0 Å². The van der Waals surface area contributed by atoms with Crippen molar-refractivity contribution in [2.24, 2.45) is 5.92 Å². The average molecular weight is 363 g/mol. The van der Waals surface area contributed by atoms with Gasteiger partial charge in [0.15, 0.2) is 0 Å². The summed E-state index contributed by atoms with van der Waals surface area (Å²) in [6.07, 6.45) is 5.99. The fourth-order valence-electron chi connectivity index (χ4n) is 3.27. The van der Waals surface area contributed by atoms with E-state index in [0.717, 1.165) is 23.3 Å². The minimum absolute atomic E-state index is 0.0830. The molecule has 138 valence electrons. The molecule has 0 spiro atoms. The van der Waals surface area contributed by atoms with Crippen molar-refractivity contribution in [1.29, 1.82) is 0 Å². The molecule has 2 atom stereocenters. The summed E-state index contributed by atoms with van der Waals surface area (Å²) in [4.78, 5) is 25.7. The number of benzene rings is 2. The van der Waals surface area contributed by atoms with Gasteiger partial charge in [0.1, 0.15) is 12.4 Å². The second-order valence-electron chi connectivity index (χ2n) is 6.69. The summed E-state index contributed by atoms with van der Waals surface area (Å²) in [5, 5.41) is 9.34. The van der Waals surface area contributed by atoms with Crippen LogP contribution >= 0.6 is 0 Å². The van der Waals surface area contributed by atoms with Crippen LogP contribution in [0.4, 0.5) is 5.69 Å². The van der Waals surface area contributed by atoms with Gasteiger partial charge in [-0.25, -0.2) is 4.79 Å². The number of amides is 1. The summed E-state index contributed by atoms with van der Waals surface area (Å²) >= 11 is 0. The predicted molar refractivity (Wildman–Crippen MR) is 103 cm³/mol. The number of aryl methyl sites for hydroxylation is 1. The summed E-state index contributed by atoms with van der Waals surface area (Å²) in [7, 11) is 1.62. The van der Waals surface area contributed by atoms with Gasteiger partial charge in [0.05, 0.1) is 11.3 Å². The van der Waals surface area contributed by atoms with E-state index in [1.807, 2.05) is 25.1 Å². The number of carbonyl (C=O) groups is 2. The van der Waals surface area contributed by atoms with E-state index in [1.165, 1.54) is 11.0 Å². The average Bonchev–Trinajstić information content (AvgIpc) is 3.47. The molecular formula is C22H21NO4. The Labute approximate surface area is 158 Å². The molecular weight excluding hydrogens is 342 g/mol. The smallest absolute Gasteiger partial charge is 0.337 e. The number of rotatable bonds is 6. The molecule has 0 heterocycles. The number of ether oxygens (including phenoxy) is 1. The Kier molecular flexibility index (Phi) is 5.18. The molecule has 1 saturated carbocycles. The Morgan fingerprint density at radius 1 is 1.30 bits per heavy atom. The van der Waals surface area contributed by atoms with Crippen molar-refractivity contribution in [3.63, 3.8) is 0 Å². The SMILES string of the molecule is C#CCOc1cc(C2CC2C(=O)N(C)c2ccccc2C(=O)O)ccc1C. The Morgan fingerprint density at radius 2 is 2.04 bits per heavy atom. The zero-order valence-electron chi connectivity index (χ0n) is 15.3. The standard InChI is InChI=1S/C22H21NO4/c1-4-11-27-20-12-15(10-9-14(20)2)17-13-18(17)21(24)23(3)19-8-6-5-7-16(19)22(25)26/h1,5-10,12,17-18H,11,13H2,2-3H3,(H,25,26). The Morgan fingerprint density at radius 3 is 2.74 bits per heavy atom. The van der Waals surface area contributed by atoms with Crippen molar-refractivity contribution >= 4 is 17.6 Å². The number of carbonyl (C=O) groups excluding carboxylic acids is 1. The van der Waals surface area contributed by atoms with Gasteiger partial charge in [-0.15, -0.1) is 6.42 Å². The number of aromatic carboxylic acids is 1. The van der Waals surface area contributed by atoms with E-state index in [1.54, 1.807) is 25.2 Å². The third-order valence-electron chi connectivity index (χ3n) is 4.89. The first-order valence-electron chi connectivity index (χ1n) is 8.70.